The van der Waals surface area contributed by atoms with Crippen LogP contribution in [-0.2, 0) is 9.53 Å². The molecular weight excluding hydrogens is 207 g/mol. The molecule has 16 heavy (non-hydrogen) atoms. The molecule has 0 aliphatic heterocycles. The number of carbonyl (C=O) groups is 1. The maximum Gasteiger partial charge on any atom is 0.456 e. The number of carbonyl (C=O) groups excluding carboxylic acids is 1. The molecule has 0 aliphatic carbocycles. The maximum absolute atomic E-state index is 11.3. The standard InChI is InChI=1S/C11H13BO4/c1-16-11(13)10(8-12(14)15)7-9-5-3-2-4-6-9/h2-7,14-15H,8H2,1H3. The van der Waals surface area contributed by atoms with Crippen LogP contribution in [0.3, 0.4) is 0 Å². The quantitative estimate of drug-likeness (QED) is 0.445. The van der Waals surface area contributed by atoms with Gasteiger partial charge in [-0.15, -0.1) is 0 Å². The molecule has 0 fully saturated rings. The van der Waals surface area contributed by atoms with E-state index in [1.165, 1.54) is 7.11 Å². The summed E-state index contributed by atoms with van der Waals surface area (Å²) in [7, 11) is -0.306. The fraction of sp³-hybridized carbons (Fsp3) is 0.182. The lowest BCUT2D eigenvalue weighted by Gasteiger charge is -2.04. The van der Waals surface area contributed by atoms with E-state index in [1.54, 1.807) is 6.08 Å². The molecule has 0 unspecified atom stereocenters. The van der Waals surface area contributed by atoms with Crippen LogP contribution in [0.2, 0.25) is 6.32 Å². The molecule has 0 aliphatic rings. The summed E-state index contributed by atoms with van der Waals surface area (Å²) in [5.74, 6) is -0.558. The Morgan fingerprint density at radius 3 is 2.50 bits per heavy atom. The van der Waals surface area contributed by atoms with Gasteiger partial charge in [-0.25, -0.2) is 4.79 Å². The molecule has 1 aromatic rings. The summed E-state index contributed by atoms with van der Waals surface area (Å²) < 4.78 is 4.56. The van der Waals surface area contributed by atoms with Crippen LogP contribution in [0, 0.1) is 0 Å². The summed E-state index contributed by atoms with van der Waals surface area (Å²) in [6, 6.07) is 9.14. The number of hydrogen-bond acceptors (Lipinski definition) is 4. The molecule has 0 heterocycles. The molecule has 4 nitrogen and oxygen atoms in total. The van der Waals surface area contributed by atoms with Crippen LogP contribution in [0.25, 0.3) is 6.08 Å². The highest BCUT2D eigenvalue weighted by Crippen LogP contribution is 2.12. The van der Waals surface area contributed by atoms with Gasteiger partial charge in [0.05, 0.1) is 7.11 Å². The average molecular weight is 220 g/mol. The lowest BCUT2D eigenvalue weighted by atomic mass is 9.81. The second kappa shape index (κ2) is 6.10. The van der Waals surface area contributed by atoms with Crippen LogP contribution in [0.5, 0.6) is 0 Å². The second-order valence-corrected chi connectivity index (χ2v) is 3.26. The van der Waals surface area contributed by atoms with Crippen molar-refractivity contribution in [3.05, 3.63) is 41.5 Å². The van der Waals surface area contributed by atoms with Gasteiger partial charge in [-0.2, -0.15) is 0 Å². The second-order valence-electron chi connectivity index (χ2n) is 3.26. The van der Waals surface area contributed by atoms with Crippen molar-refractivity contribution in [2.45, 2.75) is 6.32 Å². The Morgan fingerprint density at radius 1 is 1.38 bits per heavy atom. The first kappa shape index (κ1) is 12.5. The summed E-state index contributed by atoms with van der Waals surface area (Å²) in [4.78, 5) is 11.3. The Hall–Kier alpha value is -1.59. The van der Waals surface area contributed by atoms with Crippen LogP contribution in [0.1, 0.15) is 5.56 Å². The summed E-state index contributed by atoms with van der Waals surface area (Å²) in [5, 5.41) is 17.7. The summed E-state index contributed by atoms with van der Waals surface area (Å²) >= 11 is 0. The Labute approximate surface area is 94.3 Å². The zero-order valence-corrected chi connectivity index (χ0v) is 8.96. The highest BCUT2D eigenvalue weighted by atomic mass is 16.5. The summed E-state index contributed by atoms with van der Waals surface area (Å²) in [5.41, 5.74) is 1.03. The highest BCUT2D eigenvalue weighted by Gasteiger charge is 2.17. The zero-order valence-electron chi connectivity index (χ0n) is 8.96. The van der Waals surface area contributed by atoms with Crippen LogP contribution in [0.4, 0.5) is 0 Å². The molecule has 1 rings (SSSR count). The molecule has 1 aromatic carbocycles. The van der Waals surface area contributed by atoms with Gasteiger partial charge < -0.3 is 14.8 Å². The summed E-state index contributed by atoms with van der Waals surface area (Å²) in [6.45, 7) is 0. The van der Waals surface area contributed by atoms with E-state index < -0.39 is 13.1 Å². The van der Waals surface area contributed by atoms with Crippen LogP contribution in [-0.4, -0.2) is 30.2 Å². The van der Waals surface area contributed by atoms with Crippen LogP contribution >= 0.6 is 0 Å². The zero-order chi connectivity index (χ0) is 12.0. The van der Waals surface area contributed by atoms with Crippen molar-refractivity contribution < 1.29 is 19.6 Å². The van der Waals surface area contributed by atoms with Gasteiger partial charge in [0.15, 0.2) is 0 Å². The minimum absolute atomic E-state index is 0.151. The molecule has 0 amide bonds. The van der Waals surface area contributed by atoms with Crippen molar-refractivity contribution in [2.75, 3.05) is 7.11 Å². The predicted molar refractivity (Wildman–Crippen MR) is 61.4 cm³/mol. The Bertz CT molecular complexity index is 373. The van der Waals surface area contributed by atoms with E-state index >= 15 is 0 Å². The lowest BCUT2D eigenvalue weighted by Crippen LogP contribution is -2.16. The molecule has 0 saturated heterocycles. The van der Waals surface area contributed by atoms with Crippen molar-refractivity contribution in [1.29, 1.82) is 0 Å². The summed E-state index contributed by atoms with van der Waals surface area (Å²) in [6.07, 6.45) is 1.42. The van der Waals surface area contributed by atoms with Gasteiger partial charge in [0.2, 0.25) is 0 Å². The van der Waals surface area contributed by atoms with Crippen LogP contribution in [0.15, 0.2) is 35.9 Å². The smallest absolute Gasteiger partial charge is 0.456 e. The number of esters is 1. The van der Waals surface area contributed by atoms with Gasteiger partial charge in [0, 0.05) is 11.9 Å². The van der Waals surface area contributed by atoms with Gasteiger partial charge >= 0.3 is 13.1 Å². The first-order chi connectivity index (χ1) is 7.63. The molecule has 0 radical (unpaired) electrons. The minimum atomic E-state index is -1.56. The SMILES string of the molecule is COC(=O)C(=Cc1ccccc1)CB(O)O. The van der Waals surface area contributed by atoms with Crippen molar-refractivity contribution in [2.24, 2.45) is 0 Å². The van der Waals surface area contributed by atoms with E-state index in [9.17, 15) is 4.79 Å². The number of ether oxygens (including phenoxy) is 1. The minimum Gasteiger partial charge on any atom is -0.466 e. The highest BCUT2D eigenvalue weighted by molar-refractivity contribution is 6.43. The first-order valence-corrected chi connectivity index (χ1v) is 4.83. The number of methoxy groups -OCH3 is 1. The third-order valence-corrected chi connectivity index (χ3v) is 1.99. The average Bonchev–Trinajstić information content (AvgIpc) is 2.28. The van der Waals surface area contributed by atoms with Crippen LogP contribution < -0.4 is 0 Å². The fourth-order valence-corrected chi connectivity index (χ4v) is 1.28. The van der Waals surface area contributed by atoms with E-state index in [0.29, 0.717) is 0 Å². The molecule has 0 atom stereocenters. The molecule has 5 heteroatoms. The Kier molecular flexibility index (Phi) is 4.76. The molecule has 0 bridgehead atoms. The molecule has 0 spiro atoms. The molecule has 2 N–H and O–H groups in total. The number of benzene rings is 1. The largest absolute Gasteiger partial charge is 0.466 e. The molecule has 84 valence electrons. The van der Waals surface area contributed by atoms with E-state index in [-0.39, 0.29) is 11.9 Å². The molecule has 0 aromatic heterocycles. The monoisotopic (exact) mass is 220 g/mol. The van der Waals surface area contributed by atoms with Gasteiger partial charge in [-0.3, -0.25) is 0 Å². The van der Waals surface area contributed by atoms with E-state index in [2.05, 4.69) is 4.74 Å². The van der Waals surface area contributed by atoms with E-state index in [0.717, 1.165) is 5.56 Å². The Balaban J connectivity index is 2.92. The maximum atomic E-state index is 11.3. The van der Waals surface area contributed by atoms with Crippen molar-refractivity contribution in [3.63, 3.8) is 0 Å². The lowest BCUT2D eigenvalue weighted by molar-refractivity contribution is -0.135. The third kappa shape index (κ3) is 3.88. The number of hydrogen-bond donors (Lipinski definition) is 2. The van der Waals surface area contributed by atoms with Gasteiger partial charge in [0.1, 0.15) is 0 Å². The van der Waals surface area contributed by atoms with E-state index in [1.807, 2.05) is 30.3 Å². The van der Waals surface area contributed by atoms with Crippen molar-refractivity contribution in [1.82, 2.24) is 0 Å². The fourth-order valence-electron chi connectivity index (χ4n) is 1.28. The topological polar surface area (TPSA) is 66.8 Å². The van der Waals surface area contributed by atoms with Crippen molar-refractivity contribution in [3.8, 4) is 0 Å². The van der Waals surface area contributed by atoms with Gasteiger partial charge in [-0.05, 0) is 11.6 Å². The third-order valence-electron chi connectivity index (χ3n) is 1.99. The van der Waals surface area contributed by atoms with Gasteiger partial charge in [-0.1, -0.05) is 30.3 Å². The Morgan fingerprint density at radius 2 is 2.00 bits per heavy atom. The van der Waals surface area contributed by atoms with E-state index in [4.69, 9.17) is 10.0 Å². The number of rotatable bonds is 4. The first-order valence-electron chi connectivity index (χ1n) is 4.83. The van der Waals surface area contributed by atoms with Crippen molar-refractivity contribution >= 4 is 19.2 Å². The normalized spacial score (nSPS) is 11.1. The molecular formula is C11H13BO4. The predicted octanol–water partition coefficient (Wildman–Crippen LogP) is 0.716. The van der Waals surface area contributed by atoms with Gasteiger partial charge in [0.25, 0.3) is 0 Å². The molecule has 0 saturated carbocycles.